The Morgan fingerprint density at radius 3 is 2.74 bits per heavy atom. The summed E-state index contributed by atoms with van der Waals surface area (Å²) in [6.07, 6.45) is 1.15. The topological polar surface area (TPSA) is 59.0 Å². The van der Waals surface area contributed by atoms with Gasteiger partial charge in [-0.05, 0) is 37.1 Å². The molecule has 0 aromatic heterocycles. The molecule has 1 saturated heterocycles. The molecule has 0 bridgehead atoms. The lowest BCUT2D eigenvalue weighted by Gasteiger charge is -2.43. The van der Waals surface area contributed by atoms with Crippen LogP contribution in [0.5, 0.6) is 5.75 Å². The van der Waals surface area contributed by atoms with E-state index >= 15 is 0 Å². The third-order valence-corrected chi connectivity index (χ3v) is 4.75. The van der Waals surface area contributed by atoms with E-state index in [1.807, 2.05) is 6.92 Å². The Labute approximate surface area is 142 Å². The van der Waals surface area contributed by atoms with Crippen molar-refractivity contribution < 1.29 is 19.4 Å². The summed E-state index contributed by atoms with van der Waals surface area (Å²) in [5, 5.41) is 11.3. The van der Waals surface area contributed by atoms with E-state index in [1.165, 1.54) is 0 Å². The van der Waals surface area contributed by atoms with Crippen LogP contribution in [0.3, 0.4) is 0 Å². The lowest BCUT2D eigenvalue weighted by molar-refractivity contribution is -0.142. The number of nitrogens with zero attached hydrogens (tertiary/aromatic N) is 1. The molecule has 2 rings (SSSR count). The molecular weight excluding hydrogens is 318 g/mol. The van der Waals surface area contributed by atoms with Gasteiger partial charge in [0.05, 0.1) is 5.60 Å². The van der Waals surface area contributed by atoms with Crippen molar-refractivity contribution in [1.29, 1.82) is 0 Å². The molecule has 2 atom stereocenters. The molecule has 1 fully saturated rings. The lowest BCUT2D eigenvalue weighted by Crippen LogP contribution is -2.53. The van der Waals surface area contributed by atoms with E-state index in [9.17, 15) is 9.90 Å². The number of hydrogen-bond acceptors (Lipinski definition) is 4. The minimum absolute atomic E-state index is 0.00545. The van der Waals surface area contributed by atoms with Gasteiger partial charge in [0, 0.05) is 37.7 Å². The number of amides is 1. The number of aliphatic hydroxyl groups is 1. The smallest absolute Gasteiger partial charge is 0.260 e. The lowest BCUT2D eigenvalue weighted by atomic mass is 9.80. The van der Waals surface area contributed by atoms with E-state index in [0.717, 1.165) is 0 Å². The molecule has 1 amide bonds. The molecule has 0 spiro atoms. The zero-order valence-corrected chi connectivity index (χ0v) is 14.4. The van der Waals surface area contributed by atoms with Crippen molar-refractivity contribution in [2.75, 3.05) is 33.4 Å². The Morgan fingerprint density at radius 1 is 1.43 bits per heavy atom. The zero-order chi connectivity index (χ0) is 16.9. The summed E-state index contributed by atoms with van der Waals surface area (Å²) in [6.45, 7) is 3.55. The standard InChI is InChI=1S/C17H24ClNO4/c1-13-11-19(9-7-17(13,21)8-10-22-2)16(20)12-23-15-5-3-14(18)4-6-15/h3-6,13,21H,7-12H2,1-2H3/t13-,17-/m0/s1. The van der Waals surface area contributed by atoms with Crippen LogP contribution in [0.4, 0.5) is 0 Å². The van der Waals surface area contributed by atoms with E-state index < -0.39 is 5.60 Å². The first-order valence-electron chi connectivity index (χ1n) is 7.82. The Bertz CT molecular complexity index is 522. The zero-order valence-electron chi connectivity index (χ0n) is 13.6. The van der Waals surface area contributed by atoms with E-state index in [4.69, 9.17) is 21.1 Å². The highest BCUT2D eigenvalue weighted by molar-refractivity contribution is 6.30. The maximum atomic E-state index is 12.3. The number of halogens is 1. The number of likely N-dealkylation sites (tertiary alicyclic amines) is 1. The molecule has 0 saturated carbocycles. The molecular formula is C17H24ClNO4. The number of carbonyl (C=O) groups excluding carboxylic acids is 1. The first-order valence-corrected chi connectivity index (χ1v) is 8.20. The summed E-state index contributed by atoms with van der Waals surface area (Å²) < 4.78 is 10.6. The van der Waals surface area contributed by atoms with Crippen LogP contribution in [0.2, 0.25) is 5.02 Å². The molecule has 6 heteroatoms. The summed E-state index contributed by atoms with van der Waals surface area (Å²) in [6, 6.07) is 6.91. The van der Waals surface area contributed by atoms with Crippen molar-refractivity contribution in [3.05, 3.63) is 29.3 Å². The van der Waals surface area contributed by atoms with Crippen LogP contribution < -0.4 is 4.74 Å². The van der Waals surface area contributed by atoms with Crippen LogP contribution in [-0.2, 0) is 9.53 Å². The summed E-state index contributed by atoms with van der Waals surface area (Å²) in [5.74, 6) is 0.552. The molecule has 23 heavy (non-hydrogen) atoms. The maximum absolute atomic E-state index is 12.3. The number of piperidine rings is 1. The highest BCUT2D eigenvalue weighted by atomic mass is 35.5. The fraction of sp³-hybridized carbons (Fsp3) is 0.588. The van der Waals surface area contributed by atoms with Gasteiger partial charge in [0.15, 0.2) is 6.61 Å². The van der Waals surface area contributed by atoms with Crippen molar-refractivity contribution in [1.82, 2.24) is 4.90 Å². The molecule has 0 unspecified atom stereocenters. The van der Waals surface area contributed by atoms with Gasteiger partial charge < -0.3 is 19.5 Å². The second-order valence-corrected chi connectivity index (χ2v) is 6.52. The molecule has 1 N–H and O–H groups in total. The van der Waals surface area contributed by atoms with Gasteiger partial charge in [-0.15, -0.1) is 0 Å². The van der Waals surface area contributed by atoms with Crippen molar-refractivity contribution in [3.8, 4) is 5.75 Å². The summed E-state index contributed by atoms with van der Waals surface area (Å²) >= 11 is 5.81. The van der Waals surface area contributed by atoms with Crippen LogP contribution >= 0.6 is 11.6 Å². The second kappa shape index (κ2) is 7.99. The molecule has 5 nitrogen and oxygen atoms in total. The molecule has 0 aliphatic carbocycles. The van der Waals surface area contributed by atoms with Gasteiger partial charge >= 0.3 is 0 Å². The summed E-state index contributed by atoms with van der Waals surface area (Å²) in [5.41, 5.74) is -0.760. The number of carbonyl (C=O) groups is 1. The quantitative estimate of drug-likeness (QED) is 0.863. The van der Waals surface area contributed by atoms with Crippen molar-refractivity contribution in [3.63, 3.8) is 0 Å². The normalized spacial score (nSPS) is 24.5. The SMILES string of the molecule is COCC[C@@]1(O)CCN(C(=O)COc2ccc(Cl)cc2)C[C@@H]1C. The highest BCUT2D eigenvalue weighted by Crippen LogP contribution is 2.31. The van der Waals surface area contributed by atoms with Gasteiger partial charge in [-0.25, -0.2) is 0 Å². The van der Waals surface area contributed by atoms with Crippen molar-refractivity contribution in [2.24, 2.45) is 5.92 Å². The fourth-order valence-electron chi connectivity index (χ4n) is 2.81. The van der Waals surface area contributed by atoms with Gasteiger partial charge in [-0.3, -0.25) is 4.79 Å². The highest BCUT2D eigenvalue weighted by Gasteiger charge is 2.39. The van der Waals surface area contributed by atoms with Crippen LogP contribution in [0, 0.1) is 5.92 Å². The number of benzene rings is 1. The van der Waals surface area contributed by atoms with Crippen LogP contribution in [0.15, 0.2) is 24.3 Å². The summed E-state index contributed by atoms with van der Waals surface area (Å²) in [7, 11) is 1.63. The van der Waals surface area contributed by atoms with Gasteiger partial charge in [0.2, 0.25) is 0 Å². The Morgan fingerprint density at radius 2 is 2.13 bits per heavy atom. The van der Waals surface area contributed by atoms with E-state index in [1.54, 1.807) is 36.3 Å². The van der Waals surface area contributed by atoms with Crippen molar-refractivity contribution in [2.45, 2.75) is 25.4 Å². The predicted octanol–water partition coefficient (Wildman–Crippen LogP) is 2.35. The Hall–Kier alpha value is -1.30. The van der Waals surface area contributed by atoms with E-state index in [0.29, 0.717) is 43.3 Å². The van der Waals surface area contributed by atoms with Gasteiger partial charge in [-0.2, -0.15) is 0 Å². The average Bonchev–Trinajstić information content (AvgIpc) is 2.55. The first kappa shape index (κ1) is 18.0. The molecule has 1 aliphatic heterocycles. The van der Waals surface area contributed by atoms with Crippen LogP contribution in [0.25, 0.3) is 0 Å². The Kier molecular flexibility index (Phi) is 6.27. The molecule has 0 radical (unpaired) electrons. The number of rotatable bonds is 6. The third-order valence-electron chi connectivity index (χ3n) is 4.49. The molecule has 128 valence electrons. The van der Waals surface area contributed by atoms with Gasteiger partial charge in [-0.1, -0.05) is 18.5 Å². The first-order chi connectivity index (χ1) is 10.9. The van der Waals surface area contributed by atoms with Crippen molar-refractivity contribution >= 4 is 17.5 Å². The van der Waals surface area contributed by atoms with E-state index in [-0.39, 0.29) is 18.4 Å². The van der Waals surface area contributed by atoms with Gasteiger partial charge in [0.1, 0.15) is 5.75 Å². The largest absolute Gasteiger partial charge is 0.484 e. The molecule has 1 aromatic carbocycles. The number of methoxy groups -OCH3 is 1. The number of ether oxygens (including phenoxy) is 2. The fourth-order valence-corrected chi connectivity index (χ4v) is 2.94. The van der Waals surface area contributed by atoms with Crippen LogP contribution in [-0.4, -0.2) is 54.9 Å². The minimum Gasteiger partial charge on any atom is -0.484 e. The predicted molar refractivity (Wildman–Crippen MR) is 88.8 cm³/mol. The van der Waals surface area contributed by atoms with Gasteiger partial charge in [0.25, 0.3) is 5.91 Å². The van der Waals surface area contributed by atoms with Crippen LogP contribution in [0.1, 0.15) is 19.8 Å². The molecule has 1 aliphatic rings. The minimum atomic E-state index is -0.760. The maximum Gasteiger partial charge on any atom is 0.260 e. The molecule has 1 heterocycles. The average molecular weight is 342 g/mol. The Balaban J connectivity index is 1.83. The second-order valence-electron chi connectivity index (χ2n) is 6.08. The number of hydrogen-bond donors (Lipinski definition) is 1. The molecule has 1 aromatic rings. The van der Waals surface area contributed by atoms with E-state index in [2.05, 4.69) is 0 Å². The summed E-state index contributed by atoms with van der Waals surface area (Å²) in [4.78, 5) is 14.0. The third kappa shape index (κ3) is 4.83. The monoisotopic (exact) mass is 341 g/mol.